The summed E-state index contributed by atoms with van der Waals surface area (Å²) in [6, 6.07) is 16.3. The van der Waals surface area contributed by atoms with E-state index in [-0.39, 0.29) is 11.8 Å². The maximum absolute atomic E-state index is 12.2. The molecule has 8 nitrogen and oxygen atoms in total. The molecule has 8 heteroatoms. The predicted octanol–water partition coefficient (Wildman–Crippen LogP) is 5.40. The summed E-state index contributed by atoms with van der Waals surface area (Å²) in [6.45, 7) is 11.0. The quantitative estimate of drug-likeness (QED) is 0.171. The van der Waals surface area contributed by atoms with Gasteiger partial charge in [0.25, 0.3) is 0 Å². The Kier molecular flexibility index (Phi) is 18.0. The average Bonchev–Trinajstić information content (AvgIpc) is 3.01. The lowest BCUT2D eigenvalue weighted by Gasteiger charge is -2.21. The van der Waals surface area contributed by atoms with Crippen LogP contribution in [0.1, 0.15) is 76.3 Å². The minimum absolute atomic E-state index is 0.0548. The summed E-state index contributed by atoms with van der Waals surface area (Å²) in [5.74, 6) is 1.97. The Hall–Kier alpha value is -3.10. The largest absolute Gasteiger partial charge is 0.496 e. The highest BCUT2D eigenvalue weighted by Crippen LogP contribution is 2.20. The number of methoxy groups -OCH3 is 2. The first-order valence-corrected chi connectivity index (χ1v) is 15.7. The zero-order valence-electron chi connectivity index (χ0n) is 26.5. The van der Waals surface area contributed by atoms with Crippen molar-refractivity contribution < 1.29 is 19.1 Å². The van der Waals surface area contributed by atoms with E-state index in [1.807, 2.05) is 36.4 Å². The van der Waals surface area contributed by atoms with Gasteiger partial charge in [0, 0.05) is 50.1 Å². The molecular weight excluding hydrogens is 528 g/mol. The van der Waals surface area contributed by atoms with Crippen LogP contribution in [0.3, 0.4) is 0 Å². The van der Waals surface area contributed by atoms with Gasteiger partial charge in [0.2, 0.25) is 11.8 Å². The Morgan fingerprint density at radius 3 is 1.40 bits per heavy atom. The Morgan fingerprint density at radius 2 is 1.02 bits per heavy atom. The fourth-order valence-electron chi connectivity index (χ4n) is 5.02. The zero-order valence-corrected chi connectivity index (χ0v) is 26.5. The fraction of sp³-hybridized carbons (Fsp3) is 0.588. The lowest BCUT2D eigenvalue weighted by molar-refractivity contribution is -0.123. The molecule has 0 fully saturated rings. The van der Waals surface area contributed by atoms with Gasteiger partial charge >= 0.3 is 0 Å². The smallest absolute Gasteiger partial charge is 0.220 e. The van der Waals surface area contributed by atoms with E-state index in [4.69, 9.17) is 9.47 Å². The normalized spacial score (nSPS) is 11.1. The van der Waals surface area contributed by atoms with Gasteiger partial charge < -0.3 is 20.1 Å². The summed E-state index contributed by atoms with van der Waals surface area (Å²) >= 11 is 0. The van der Waals surface area contributed by atoms with Gasteiger partial charge in [-0.1, -0.05) is 63.1 Å². The molecule has 0 aromatic heterocycles. The van der Waals surface area contributed by atoms with Crippen molar-refractivity contribution in [3.8, 4) is 11.5 Å². The molecule has 0 unspecified atom stereocenters. The van der Waals surface area contributed by atoms with E-state index < -0.39 is 0 Å². The number of amides is 2. The molecule has 0 spiro atoms. The fourth-order valence-corrected chi connectivity index (χ4v) is 5.02. The highest BCUT2D eigenvalue weighted by atomic mass is 16.5. The van der Waals surface area contributed by atoms with Crippen LogP contribution < -0.4 is 20.1 Å². The molecule has 0 aliphatic carbocycles. The third-order valence-electron chi connectivity index (χ3n) is 7.59. The van der Waals surface area contributed by atoms with E-state index in [1.54, 1.807) is 14.2 Å². The first kappa shape index (κ1) is 35.1. The van der Waals surface area contributed by atoms with Crippen LogP contribution >= 0.6 is 0 Å². The van der Waals surface area contributed by atoms with Crippen molar-refractivity contribution >= 4 is 11.8 Å². The number of hydrogen-bond donors (Lipinski definition) is 2. The van der Waals surface area contributed by atoms with Gasteiger partial charge in [-0.15, -0.1) is 0 Å². The number of hydrogen-bond acceptors (Lipinski definition) is 6. The number of unbranched alkanes of at least 4 members (excludes halogenated alkanes) is 4. The molecule has 2 amide bonds. The Morgan fingerprint density at radius 1 is 0.619 bits per heavy atom. The molecule has 2 N–H and O–H groups in total. The van der Waals surface area contributed by atoms with E-state index >= 15 is 0 Å². The van der Waals surface area contributed by atoms with Crippen LogP contribution in [0.4, 0.5) is 0 Å². The standard InChI is InChI=1S/C34H54N4O4/c1-5-37(27-29-17-11-13-19-31(29)41-3)25-15-7-9-21-33(39)35-23-24-36-34(40)22-10-8-16-26-38(6-2)28-30-18-12-14-20-32(30)42-4/h11-14,17-20H,5-10,15-16,21-28H2,1-4H3,(H,35,39)(H,36,40). The number of para-hydroxylation sites is 2. The highest BCUT2D eigenvalue weighted by Gasteiger charge is 2.10. The maximum atomic E-state index is 12.2. The average molecular weight is 583 g/mol. The molecule has 0 heterocycles. The Labute approximate surface area is 254 Å². The topological polar surface area (TPSA) is 83.1 Å². The second-order valence-corrected chi connectivity index (χ2v) is 10.7. The molecule has 2 aromatic carbocycles. The minimum atomic E-state index is 0.0548. The summed E-state index contributed by atoms with van der Waals surface area (Å²) in [6.07, 6.45) is 6.95. The van der Waals surface area contributed by atoms with Crippen LogP contribution in [0, 0.1) is 0 Å². The van der Waals surface area contributed by atoms with Crippen molar-refractivity contribution in [3.63, 3.8) is 0 Å². The molecule has 0 saturated carbocycles. The van der Waals surface area contributed by atoms with Crippen LogP contribution in [0.25, 0.3) is 0 Å². The number of benzene rings is 2. The van der Waals surface area contributed by atoms with Crippen LogP contribution in [0.15, 0.2) is 48.5 Å². The molecule has 0 aliphatic rings. The zero-order chi connectivity index (χ0) is 30.4. The van der Waals surface area contributed by atoms with E-state index in [0.29, 0.717) is 25.9 Å². The van der Waals surface area contributed by atoms with Crippen LogP contribution in [0.5, 0.6) is 11.5 Å². The number of nitrogens with one attached hydrogen (secondary N) is 2. The number of carbonyl (C=O) groups is 2. The molecular formula is C34H54N4O4. The summed E-state index contributed by atoms with van der Waals surface area (Å²) in [5.41, 5.74) is 2.40. The molecule has 0 atom stereocenters. The lowest BCUT2D eigenvalue weighted by Crippen LogP contribution is -2.34. The van der Waals surface area contributed by atoms with Crippen molar-refractivity contribution in [3.05, 3.63) is 59.7 Å². The van der Waals surface area contributed by atoms with Gasteiger partial charge in [0.05, 0.1) is 14.2 Å². The second kappa shape index (κ2) is 21.6. The van der Waals surface area contributed by atoms with E-state index in [2.05, 4.69) is 46.4 Å². The van der Waals surface area contributed by atoms with Gasteiger partial charge in [0.15, 0.2) is 0 Å². The van der Waals surface area contributed by atoms with E-state index in [1.165, 1.54) is 11.1 Å². The number of nitrogens with zero attached hydrogens (tertiary/aromatic N) is 2. The van der Waals surface area contributed by atoms with Crippen molar-refractivity contribution in [1.29, 1.82) is 0 Å². The molecule has 0 saturated heterocycles. The van der Waals surface area contributed by atoms with E-state index in [0.717, 1.165) is 89.3 Å². The third kappa shape index (κ3) is 14.2. The molecule has 0 bridgehead atoms. The first-order chi connectivity index (χ1) is 20.5. The third-order valence-corrected chi connectivity index (χ3v) is 7.59. The Bertz CT molecular complexity index is 951. The Balaban J connectivity index is 1.46. The first-order valence-electron chi connectivity index (χ1n) is 15.7. The van der Waals surface area contributed by atoms with E-state index in [9.17, 15) is 9.59 Å². The molecule has 2 rings (SSSR count). The molecule has 42 heavy (non-hydrogen) atoms. The summed E-state index contributed by atoms with van der Waals surface area (Å²) in [7, 11) is 3.42. The number of rotatable bonds is 23. The SMILES string of the molecule is CCN(CCCCCC(=O)NCCNC(=O)CCCCCN(CC)Cc1ccccc1OC)Cc1ccccc1OC. The molecule has 0 aliphatic heterocycles. The second-order valence-electron chi connectivity index (χ2n) is 10.7. The molecule has 2 aromatic rings. The number of ether oxygens (including phenoxy) is 2. The summed E-state index contributed by atoms with van der Waals surface area (Å²) in [5, 5.41) is 5.85. The van der Waals surface area contributed by atoms with Crippen LogP contribution in [-0.2, 0) is 22.7 Å². The number of carbonyl (C=O) groups excluding carboxylic acids is 2. The van der Waals surface area contributed by atoms with Crippen molar-refractivity contribution in [1.82, 2.24) is 20.4 Å². The van der Waals surface area contributed by atoms with Gasteiger partial charge in [-0.05, 0) is 64.0 Å². The minimum Gasteiger partial charge on any atom is -0.496 e. The van der Waals surface area contributed by atoms with Crippen LogP contribution in [0.2, 0.25) is 0 Å². The monoisotopic (exact) mass is 582 g/mol. The molecule has 234 valence electrons. The van der Waals surface area contributed by atoms with Gasteiger partial charge in [-0.2, -0.15) is 0 Å². The van der Waals surface area contributed by atoms with Crippen LogP contribution in [-0.4, -0.2) is 75.1 Å². The maximum Gasteiger partial charge on any atom is 0.220 e. The van der Waals surface area contributed by atoms with Gasteiger partial charge in [-0.25, -0.2) is 0 Å². The van der Waals surface area contributed by atoms with Crippen molar-refractivity contribution in [2.24, 2.45) is 0 Å². The summed E-state index contributed by atoms with van der Waals surface area (Å²) in [4.78, 5) is 29.2. The van der Waals surface area contributed by atoms with Gasteiger partial charge in [0.1, 0.15) is 11.5 Å². The molecule has 0 radical (unpaired) electrons. The summed E-state index contributed by atoms with van der Waals surface area (Å²) < 4.78 is 10.9. The van der Waals surface area contributed by atoms with Crippen molar-refractivity contribution in [2.75, 3.05) is 53.5 Å². The van der Waals surface area contributed by atoms with Gasteiger partial charge in [-0.3, -0.25) is 19.4 Å². The lowest BCUT2D eigenvalue weighted by atomic mass is 10.1. The predicted molar refractivity (Wildman–Crippen MR) is 171 cm³/mol. The highest BCUT2D eigenvalue weighted by molar-refractivity contribution is 5.77. The van der Waals surface area contributed by atoms with Crippen molar-refractivity contribution in [2.45, 2.75) is 78.3 Å².